The van der Waals surface area contributed by atoms with Crippen LogP contribution in [0.5, 0.6) is 0 Å². The fourth-order valence-corrected chi connectivity index (χ4v) is 6.44. The Balaban J connectivity index is 3.39. The van der Waals surface area contributed by atoms with Crippen LogP contribution in [0.15, 0.2) is 0 Å². The second-order valence-corrected chi connectivity index (χ2v) is 14.2. The molecule has 8 atom stereocenters. The summed E-state index contributed by atoms with van der Waals surface area (Å²) in [5.74, 6) is -4.58. The van der Waals surface area contributed by atoms with E-state index in [0.717, 1.165) is 29.1 Å². The Hall–Kier alpha value is -3.22. The number of ether oxygens (including phenoxy) is 1. The number of aliphatic carboxylic acids is 1. The van der Waals surface area contributed by atoms with E-state index in [1.54, 1.807) is 20.9 Å². The van der Waals surface area contributed by atoms with Crippen LogP contribution in [-0.4, -0.2) is 117 Å². The summed E-state index contributed by atoms with van der Waals surface area (Å²) in [6.45, 7) is 15.8. The van der Waals surface area contributed by atoms with Gasteiger partial charge in [0.1, 0.15) is 30.3 Å². The highest BCUT2D eigenvalue weighted by Crippen LogP contribution is 2.25. The van der Waals surface area contributed by atoms with Crippen molar-refractivity contribution in [2.24, 2.45) is 23.7 Å². The predicted octanol–water partition coefficient (Wildman–Crippen LogP) is 2.68. The number of nitrogens with zero attached hydrogens (tertiary/aromatic N) is 3. The Morgan fingerprint density at radius 1 is 0.936 bits per heavy atom. The number of esters is 1. The highest BCUT2D eigenvalue weighted by Gasteiger charge is 2.45. The topological polar surface area (TPSA) is 174 Å². The molecule has 3 N–H and O–H groups in total. The standard InChI is InChI=1S/C34H60N4O9/c1-12-13-14-21(6)16-22(7)31(42)36(10)26(15-19(2)3)30(41)35-28(23(8)47-24(9)39)32(43)37(11)29(20(4)5)33(44)38-18-25(40)17-27(38)34(45)46/h19-23,25-29,40H,12-18H2,1-11H3,(H,35,41)(H,45,46)/t21?,22?,23-,25?,26+,27?,28+,29+/m1/s1. The first kappa shape index (κ1) is 41.8. The number of unbranched alkanes of at least 4 members (excludes halogenated alkanes) is 1. The van der Waals surface area contributed by atoms with E-state index in [9.17, 15) is 39.0 Å². The molecule has 47 heavy (non-hydrogen) atoms. The van der Waals surface area contributed by atoms with E-state index in [0.29, 0.717) is 18.8 Å². The van der Waals surface area contributed by atoms with Gasteiger partial charge in [0.05, 0.1) is 6.10 Å². The maximum atomic E-state index is 14.1. The third-order valence-corrected chi connectivity index (χ3v) is 8.92. The summed E-state index contributed by atoms with van der Waals surface area (Å²) in [5.41, 5.74) is 0. The fourth-order valence-electron chi connectivity index (χ4n) is 6.44. The molecule has 270 valence electrons. The van der Waals surface area contributed by atoms with E-state index in [-0.39, 0.29) is 30.7 Å². The lowest BCUT2D eigenvalue weighted by atomic mass is 9.91. The molecule has 13 nitrogen and oxygen atoms in total. The molecule has 0 spiro atoms. The molecule has 1 saturated heterocycles. The summed E-state index contributed by atoms with van der Waals surface area (Å²) in [5, 5.41) is 22.5. The van der Waals surface area contributed by atoms with E-state index in [1.807, 2.05) is 20.8 Å². The Morgan fingerprint density at radius 2 is 1.53 bits per heavy atom. The number of amides is 4. The Kier molecular flexibility index (Phi) is 16.9. The van der Waals surface area contributed by atoms with Crippen molar-refractivity contribution in [3.63, 3.8) is 0 Å². The molecule has 1 rings (SSSR count). The summed E-state index contributed by atoms with van der Waals surface area (Å²) in [7, 11) is 2.95. The first-order chi connectivity index (χ1) is 21.7. The molecule has 0 aromatic rings. The number of hydrogen-bond acceptors (Lipinski definition) is 8. The minimum Gasteiger partial charge on any atom is -0.480 e. The van der Waals surface area contributed by atoms with Gasteiger partial charge in [0.15, 0.2) is 0 Å². The number of β-amino-alcohol motifs (C(OH)–C–C–N with tert-alkyl or cyclic N) is 1. The number of carboxylic acids is 1. The zero-order valence-electron chi connectivity index (χ0n) is 30.3. The van der Waals surface area contributed by atoms with Crippen LogP contribution >= 0.6 is 0 Å². The minimum absolute atomic E-state index is 0.0171. The highest BCUT2D eigenvalue weighted by molar-refractivity contribution is 5.95. The van der Waals surface area contributed by atoms with Gasteiger partial charge in [-0.15, -0.1) is 0 Å². The largest absolute Gasteiger partial charge is 0.480 e. The molecule has 4 unspecified atom stereocenters. The van der Waals surface area contributed by atoms with Gasteiger partial charge in [-0.2, -0.15) is 0 Å². The highest BCUT2D eigenvalue weighted by atomic mass is 16.5. The van der Waals surface area contributed by atoms with Gasteiger partial charge < -0.3 is 35.0 Å². The van der Waals surface area contributed by atoms with Gasteiger partial charge in [0.25, 0.3) is 0 Å². The zero-order chi connectivity index (χ0) is 36.3. The molecule has 0 aromatic carbocycles. The van der Waals surface area contributed by atoms with Crippen molar-refractivity contribution in [2.75, 3.05) is 20.6 Å². The molecule has 0 aliphatic carbocycles. The van der Waals surface area contributed by atoms with Gasteiger partial charge in [-0.05, 0) is 37.5 Å². The van der Waals surface area contributed by atoms with Crippen molar-refractivity contribution >= 4 is 35.6 Å². The number of nitrogens with one attached hydrogen (secondary N) is 1. The zero-order valence-corrected chi connectivity index (χ0v) is 30.3. The molecule has 1 fully saturated rings. The van der Waals surface area contributed by atoms with Crippen molar-refractivity contribution in [3.05, 3.63) is 0 Å². The van der Waals surface area contributed by atoms with Crippen molar-refractivity contribution in [1.82, 2.24) is 20.0 Å². The van der Waals surface area contributed by atoms with Crippen LogP contribution in [0.25, 0.3) is 0 Å². The van der Waals surface area contributed by atoms with Gasteiger partial charge in [0.2, 0.25) is 23.6 Å². The molecule has 0 radical (unpaired) electrons. The number of hydrogen-bond donors (Lipinski definition) is 3. The first-order valence-corrected chi connectivity index (χ1v) is 17.0. The summed E-state index contributed by atoms with van der Waals surface area (Å²) in [4.78, 5) is 82.8. The molecular formula is C34H60N4O9. The molecule has 0 aromatic heterocycles. The summed E-state index contributed by atoms with van der Waals surface area (Å²) in [6, 6.07) is -4.75. The number of likely N-dealkylation sites (tertiary alicyclic amines) is 1. The quantitative estimate of drug-likeness (QED) is 0.186. The average molecular weight is 669 g/mol. The Morgan fingerprint density at radius 3 is 2.02 bits per heavy atom. The van der Waals surface area contributed by atoms with Gasteiger partial charge >= 0.3 is 11.9 Å². The molecule has 4 amide bonds. The van der Waals surface area contributed by atoms with Crippen LogP contribution in [0.1, 0.15) is 101 Å². The Bertz CT molecular complexity index is 1100. The van der Waals surface area contributed by atoms with E-state index in [2.05, 4.69) is 19.2 Å². The van der Waals surface area contributed by atoms with E-state index >= 15 is 0 Å². The monoisotopic (exact) mass is 668 g/mol. The predicted molar refractivity (Wildman–Crippen MR) is 177 cm³/mol. The maximum absolute atomic E-state index is 14.1. The van der Waals surface area contributed by atoms with E-state index in [1.165, 1.54) is 25.8 Å². The number of carboxylic acid groups (broad SMARTS) is 1. The number of aliphatic hydroxyl groups is 1. The van der Waals surface area contributed by atoms with Gasteiger partial charge in [-0.3, -0.25) is 24.0 Å². The van der Waals surface area contributed by atoms with Crippen molar-refractivity contribution in [1.29, 1.82) is 0 Å². The number of rotatable bonds is 18. The van der Waals surface area contributed by atoms with Crippen LogP contribution in [0.4, 0.5) is 0 Å². The smallest absolute Gasteiger partial charge is 0.326 e. The van der Waals surface area contributed by atoms with Crippen molar-refractivity contribution < 1.29 is 43.7 Å². The van der Waals surface area contributed by atoms with Crippen LogP contribution < -0.4 is 5.32 Å². The normalized spacial score (nSPS) is 20.2. The van der Waals surface area contributed by atoms with Gasteiger partial charge in [-0.1, -0.05) is 67.7 Å². The Labute approximate surface area is 280 Å². The minimum atomic E-state index is -1.42. The second-order valence-electron chi connectivity index (χ2n) is 14.2. The third-order valence-electron chi connectivity index (χ3n) is 8.92. The number of carbonyl (C=O) groups is 6. The van der Waals surface area contributed by atoms with Crippen LogP contribution in [0, 0.1) is 23.7 Å². The number of carbonyl (C=O) groups excluding carboxylic acids is 5. The summed E-state index contributed by atoms with van der Waals surface area (Å²) >= 11 is 0. The molecule has 0 bridgehead atoms. The molecule has 13 heteroatoms. The lowest BCUT2D eigenvalue weighted by Gasteiger charge is -2.38. The summed E-state index contributed by atoms with van der Waals surface area (Å²) in [6.07, 6.45) is 1.84. The number of likely N-dealkylation sites (N-methyl/N-ethyl adjacent to an activating group) is 2. The average Bonchev–Trinajstić information content (AvgIpc) is 3.37. The van der Waals surface area contributed by atoms with Crippen molar-refractivity contribution in [3.8, 4) is 0 Å². The van der Waals surface area contributed by atoms with Crippen LogP contribution in [0.2, 0.25) is 0 Å². The fraction of sp³-hybridized carbons (Fsp3) is 0.824. The second kappa shape index (κ2) is 18.9. The lowest BCUT2D eigenvalue weighted by molar-refractivity contribution is -0.157. The lowest BCUT2D eigenvalue weighted by Crippen LogP contribution is -2.62. The molecular weight excluding hydrogens is 608 g/mol. The van der Waals surface area contributed by atoms with E-state index in [4.69, 9.17) is 4.74 Å². The molecule has 1 heterocycles. The van der Waals surface area contributed by atoms with Crippen molar-refractivity contribution in [2.45, 2.75) is 137 Å². The molecule has 1 aliphatic heterocycles. The van der Waals surface area contributed by atoms with Gasteiger partial charge in [0, 0.05) is 39.9 Å². The summed E-state index contributed by atoms with van der Waals surface area (Å²) < 4.78 is 5.34. The maximum Gasteiger partial charge on any atom is 0.326 e. The molecule has 1 aliphatic rings. The van der Waals surface area contributed by atoms with E-state index < -0.39 is 72.0 Å². The SMILES string of the molecule is CCCCC(C)CC(C)C(=O)N(C)[C@@H](CC(C)C)C(=O)N[C@H](C(=O)N(C)[C@H](C(=O)N1CC(O)CC1C(=O)O)C(C)C)[C@@H](C)OC(C)=O. The third kappa shape index (κ3) is 12.1. The van der Waals surface area contributed by atoms with Crippen LogP contribution in [-0.2, 0) is 33.5 Å². The first-order valence-electron chi connectivity index (χ1n) is 17.0. The molecule has 0 saturated carbocycles. The van der Waals surface area contributed by atoms with Crippen LogP contribution in [0.3, 0.4) is 0 Å². The van der Waals surface area contributed by atoms with Gasteiger partial charge in [-0.25, -0.2) is 4.79 Å². The number of aliphatic hydroxyl groups excluding tert-OH is 1.